The summed E-state index contributed by atoms with van der Waals surface area (Å²) in [5.41, 5.74) is 3.14. The number of benzene rings is 4. The van der Waals surface area contributed by atoms with Crippen molar-refractivity contribution in [1.29, 1.82) is 0 Å². The van der Waals surface area contributed by atoms with Crippen LogP contribution >= 0.6 is 23.2 Å². The van der Waals surface area contributed by atoms with Gasteiger partial charge in [0.05, 0.1) is 17.1 Å². The normalized spacial score (nSPS) is 27.9. The second-order valence-electron chi connectivity index (χ2n) is 19.1. The maximum atomic E-state index is 16.3. The van der Waals surface area contributed by atoms with Crippen molar-refractivity contribution in [1.82, 2.24) is 20.9 Å². The van der Waals surface area contributed by atoms with Crippen LogP contribution in [0.5, 0.6) is 0 Å². The van der Waals surface area contributed by atoms with Gasteiger partial charge in [-0.3, -0.25) is 39.5 Å². The van der Waals surface area contributed by atoms with E-state index in [4.69, 9.17) is 23.2 Å². The van der Waals surface area contributed by atoms with Crippen molar-refractivity contribution in [3.63, 3.8) is 0 Å². The molecule has 2 unspecified atom stereocenters. The summed E-state index contributed by atoms with van der Waals surface area (Å²) in [5.74, 6) is -2.73. The number of aryl methyl sites for hydroxylation is 1. The van der Waals surface area contributed by atoms with Crippen molar-refractivity contribution in [2.45, 2.75) is 131 Å². The first-order valence-electron chi connectivity index (χ1n) is 23.3. The molecule has 4 aromatic carbocycles. The van der Waals surface area contributed by atoms with Gasteiger partial charge in [0, 0.05) is 58.0 Å². The number of aliphatic hydroxyl groups is 1. The topological polar surface area (TPSA) is 169 Å². The highest BCUT2D eigenvalue weighted by Gasteiger charge is 2.72. The van der Waals surface area contributed by atoms with Gasteiger partial charge in [0.2, 0.25) is 23.6 Å². The largest absolute Gasteiger partial charge is 0.374 e. The fourth-order valence-corrected chi connectivity index (χ4v) is 12.8. The third-order valence-corrected chi connectivity index (χ3v) is 16.1. The molecule has 6 aliphatic rings. The predicted molar refractivity (Wildman–Crippen MR) is 248 cm³/mol. The monoisotopic (exact) mass is 934 g/mol. The smallest absolute Gasteiger partial charge is 0.251 e. The Hall–Kier alpha value is -5.18. The summed E-state index contributed by atoms with van der Waals surface area (Å²) in [6.07, 6.45) is 9.04. The Kier molecular flexibility index (Phi) is 12.0. The first-order valence-corrected chi connectivity index (χ1v) is 24.1. The standard InChI is InChI=1S/C51H53Cl2FN6O6/c52-31-16-21-37-39(26-31)57-49(66)51(37)42(35-8-5-9-38(53)43(35)54)44(59-50(51)24-2-1-3-25-50)47(64)56-33-19-14-30(15-20-33)45(62)55-32-17-11-28(12-18-32)10-13-29-6-4-7-34-36(29)27-60(48(34)65)40-22-23-41(61)58-46(40)63/h4-9,14-16,19-21,26,28,32,40,42,44,48,59,65H,1-3,10-13,17-18,22-25,27H2,(H,55,62)(H,56,64)(H,57,66)(H,58,61,63)/t28?,32?,40?,42-,44+,48?,51+/m0/s1. The minimum Gasteiger partial charge on any atom is -0.374 e. The van der Waals surface area contributed by atoms with E-state index < -0.39 is 46.9 Å². The Labute approximate surface area is 392 Å². The zero-order valence-electron chi connectivity index (χ0n) is 36.4. The molecule has 0 radical (unpaired) electrons. The average Bonchev–Trinajstić information content (AvgIpc) is 3.91. The van der Waals surface area contributed by atoms with Crippen LogP contribution in [0.1, 0.15) is 127 Å². The third kappa shape index (κ3) is 7.70. The number of nitrogens with zero attached hydrogens (tertiary/aromatic N) is 1. The number of halogens is 3. The van der Waals surface area contributed by atoms with Crippen LogP contribution < -0.4 is 26.6 Å². The van der Waals surface area contributed by atoms with Crippen molar-refractivity contribution >= 4 is 64.1 Å². The second kappa shape index (κ2) is 17.8. The maximum absolute atomic E-state index is 16.3. The molecular formula is C51H53Cl2FN6O6. The highest BCUT2D eigenvalue weighted by Crippen LogP contribution is 2.63. The number of anilines is 2. The Morgan fingerprint density at radius 2 is 1.61 bits per heavy atom. The van der Waals surface area contributed by atoms with Gasteiger partial charge in [-0.15, -0.1) is 0 Å². The van der Waals surface area contributed by atoms with Gasteiger partial charge >= 0.3 is 0 Å². The Morgan fingerprint density at radius 3 is 2.36 bits per heavy atom. The van der Waals surface area contributed by atoms with E-state index >= 15 is 4.39 Å². The number of hydrogen-bond acceptors (Lipinski definition) is 8. The molecule has 10 rings (SSSR count). The number of fused-ring (bicyclic) bond motifs is 4. The number of carbonyl (C=O) groups is 5. The molecule has 2 saturated heterocycles. The lowest BCUT2D eigenvalue weighted by atomic mass is 9.55. The Balaban J connectivity index is 0.784. The van der Waals surface area contributed by atoms with Crippen LogP contribution in [0.25, 0.3) is 0 Å². The zero-order valence-corrected chi connectivity index (χ0v) is 38.0. The fourth-order valence-electron chi connectivity index (χ4n) is 12.4. The number of carbonyl (C=O) groups excluding carboxylic acids is 5. The Morgan fingerprint density at radius 1 is 0.864 bits per heavy atom. The van der Waals surface area contributed by atoms with Gasteiger partial charge in [-0.05, 0) is 128 Å². The van der Waals surface area contributed by atoms with Gasteiger partial charge in [-0.1, -0.05) is 78.9 Å². The van der Waals surface area contributed by atoms with Crippen LogP contribution in [0.3, 0.4) is 0 Å². The molecule has 2 aliphatic carbocycles. The molecule has 4 aromatic rings. The number of piperidine rings is 1. The summed E-state index contributed by atoms with van der Waals surface area (Å²) in [5, 5.41) is 26.8. The summed E-state index contributed by atoms with van der Waals surface area (Å²) in [4.78, 5) is 68.9. The second-order valence-corrected chi connectivity index (χ2v) is 20.0. The first-order chi connectivity index (χ1) is 31.9. The van der Waals surface area contributed by atoms with E-state index in [0.717, 1.165) is 68.9 Å². The number of rotatable bonds is 9. The summed E-state index contributed by atoms with van der Waals surface area (Å²) in [6.45, 7) is 0.460. The molecule has 0 aromatic heterocycles. The molecule has 66 heavy (non-hydrogen) atoms. The Bertz CT molecular complexity index is 2610. The molecule has 0 bridgehead atoms. The first kappa shape index (κ1) is 44.6. The lowest BCUT2D eigenvalue weighted by Crippen LogP contribution is -2.60. The van der Waals surface area contributed by atoms with Gasteiger partial charge in [0.15, 0.2) is 0 Å². The molecule has 6 N–H and O–H groups in total. The molecule has 5 amide bonds. The van der Waals surface area contributed by atoms with Crippen LogP contribution in [0.4, 0.5) is 15.8 Å². The SMILES string of the molecule is O=C1CCC(N2Cc3c(CCC4CCC(NC(=O)c5ccc(NC(=O)[C@@H]6NC7(CCCCC7)[C@@]7(C(=O)Nc8cc(Cl)ccc87)[C@H]6c6cccc(Cl)c6F)cc5)CC4)cccc3C2O)C(=O)N1. The minimum atomic E-state index is -1.35. The summed E-state index contributed by atoms with van der Waals surface area (Å²) in [7, 11) is 0. The summed E-state index contributed by atoms with van der Waals surface area (Å²) >= 11 is 12.8. The number of aliphatic hydroxyl groups excluding tert-OH is 1. The van der Waals surface area contributed by atoms with E-state index in [1.165, 1.54) is 11.6 Å². The molecule has 15 heteroatoms. The highest BCUT2D eigenvalue weighted by molar-refractivity contribution is 6.31. The lowest BCUT2D eigenvalue weighted by Gasteiger charge is -2.47. The molecule has 4 heterocycles. The number of nitrogens with one attached hydrogen (secondary N) is 5. The predicted octanol–water partition coefficient (Wildman–Crippen LogP) is 7.95. The molecule has 2 spiro atoms. The quantitative estimate of drug-likeness (QED) is 0.0920. The molecule has 2 saturated carbocycles. The van der Waals surface area contributed by atoms with E-state index in [-0.39, 0.29) is 46.7 Å². The van der Waals surface area contributed by atoms with E-state index in [2.05, 4.69) is 32.7 Å². The molecular weight excluding hydrogens is 883 g/mol. The number of imide groups is 1. The van der Waals surface area contributed by atoms with Gasteiger partial charge in [0.25, 0.3) is 5.91 Å². The van der Waals surface area contributed by atoms with E-state index in [0.29, 0.717) is 59.2 Å². The molecule has 5 atom stereocenters. The highest BCUT2D eigenvalue weighted by atomic mass is 35.5. The van der Waals surface area contributed by atoms with Crippen molar-refractivity contribution in [2.24, 2.45) is 5.92 Å². The lowest BCUT2D eigenvalue weighted by molar-refractivity contribution is -0.141. The molecule has 344 valence electrons. The van der Waals surface area contributed by atoms with Crippen molar-refractivity contribution in [3.8, 4) is 0 Å². The van der Waals surface area contributed by atoms with Gasteiger partial charge in [-0.25, -0.2) is 4.39 Å². The molecule has 12 nitrogen and oxygen atoms in total. The van der Waals surface area contributed by atoms with E-state index in [9.17, 15) is 29.1 Å². The third-order valence-electron chi connectivity index (χ3n) is 15.6. The van der Waals surface area contributed by atoms with Crippen molar-refractivity contribution in [3.05, 3.63) is 128 Å². The summed E-state index contributed by atoms with van der Waals surface area (Å²) in [6, 6.07) is 21.1. The van der Waals surface area contributed by atoms with Crippen LogP contribution in [0, 0.1) is 11.7 Å². The van der Waals surface area contributed by atoms with Crippen LogP contribution in [0.15, 0.2) is 78.9 Å². The minimum absolute atomic E-state index is 0.0250. The van der Waals surface area contributed by atoms with Gasteiger partial charge < -0.3 is 21.1 Å². The van der Waals surface area contributed by atoms with Crippen molar-refractivity contribution < 1.29 is 33.5 Å². The van der Waals surface area contributed by atoms with Crippen molar-refractivity contribution in [2.75, 3.05) is 10.6 Å². The van der Waals surface area contributed by atoms with E-state index in [1.54, 1.807) is 53.4 Å². The number of amides is 5. The van der Waals surface area contributed by atoms with Crippen LogP contribution in [-0.2, 0) is 37.6 Å². The van der Waals surface area contributed by atoms with E-state index in [1.807, 2.05) is 18.2 Å². The summed E-state index contributed by atoms with van der Waals surface area (Å²) < 4.78 is 16.3. The average molecular weight is 936 g/mol. The van der Waals surface area contributed by atoms with Gasteiger partial charge in [0.1, 0.15) is 17.5 Å². The zero-order chi connectivity index (χ0) is 45.9. The fraction of sp³-hybridized carbons (Fsp3) is 0.431. The van der Waals surface area contributed by atoms with Gasteiger partial charge in [-0.2, -0.15) is 0 Å². The van der Waals surface area contributed by atoms with Crippen LogP contribution in [0.2, 0.25) is 10.0 Å². The molecule has 4 fully saturated rings. The molecule has 4 aliphatic heterocycles. The number of hydrogen-bond donors (Lipinski definition) is 6. The van der Waals surface area contributed by atoms with Crippen LogP contribution in [-0.4, -0.2) is 63.2 Å². The maximum Gasteiger partial charge on any atom is 0.251 e.